The Kier molecular flexibility index (Phi) is 9.52. The van der Waals surface area contributed by atoms with Crippen molar-refractivity contribution in [3.63, 3.8) is 0 Å². The summed E-state index contributed by atoms with van der Waals surface area (Å²) in [5, 5.41) is 2.90. The lowest BCUT2D eigenvalue weighted by Gasteiger charge is -2.39. The van der Waals surface area contributed by atoms with Crippen LogP contribution in [0.1, 0.15) is 24.8 Å². The standard InChI is InChI=1S/C19H27F3N4O.HI/c1-14-12-26(10-9-16(14)15-7-5-4-6-8-15)18(23-2)24-11-17(27)25(3)13-19(20,21)22;/h4-8,14,16H,9-13H2,1-3H3,(H,23,24);1H. The van der Waals surface area contributed by atoms with Gasteiger partial charge < -0.3 is 15.1 Å². The van der Waals surface area contributed by atoms with Crippen molar-refractivity contribution in [3.05, 3.63) is 35.9 Å². The molecule has 5 nitrogen and oxygen atoms in total. The number of likely N-dealkylation sites (N-methyl/N-ethyl adjacent to an activating group) is 1. The second-order valence-electron chi connectivity index (χ2n) is 6.99. The van der Waals surface area contributed by atoms with Crippen molar-refractivity contribution in [3.8, 4) is 0 Å². The quantitative estimate of drug-likeness (QED) is 0.383. The maximum Gasteiger partial charge on any atom is 0.406 e. The lowest BCUT2D eigenvalue weighted by molar-refractivity contribution is -0.157. The van der Waals surface area contributed by atoms with E-state index in [1.165, 1.54) is 5.56 Å². The molecule has 1 amide bonds. The molecule has 2 rings (SSSR count). The van der Waals surface area contributed by atoms with Gasteiger partial charge in [-0.1, -0.05) is 37.3 Å². The first-order valence-corrected chi connectivity index (χ1v) is 9.02. The highest BCUT2D eigenvalue weighted by Gasteiger charge is 2.32. The number of aliphatic imine (C=N–C) groups is 1. The SMILES string of the molecule is CN=C(NCC(=O)N(C)CC(F)(F)F)N1CCC(c2ccccc2)C(C)C1.I. The average Bonchev–Trinajstić information content (AvgIpc) is 2.61. The molecule has 0 bridgehead atoms. The van der Waals surface area contributed by atoms with E-state index in [2.05, 4.69) is 34.3 Å². The van der Waals surface area contributed by atoms with E-state index >= 15 is 0 Å². The van der Waals surface area contributed by atoms with Gasteiger partial charge >= 0.3 is 6.18 Å². The largest absolute Gasteiger partial charge is 0.406 e. The number of piperidine rings is 1. The van der Waals surface area contributed by atoms with Gasteiger partial charge in [0, 0.05) is 27.2 Å². The minimum Gasteiger partial charge on any atom is -0.347 e. The van der Waals surface area contributed by atoms with E-state index in [0.717, 1.165) is 26.6 Å². The Morgan fingerprint density at radius 1 is 1.32 bits per heavy atom. The van der Waals surface area contributed by atoms with Crippen LogP contribution in [-0.4, -0.2) is 68.1 Å². The van der Waals surface area contributed by atoms with Gasteiger partial charge in [-0.3, -0.25) is 9.79 Å². The second-order valence-corrected chi connectivity index (χ2v) is 6.99. The number of hydrogen-bond acceptors (Lipinski definition) is 2. The third-order valence-corrected chi connectivity index (χ3v) is 4.88. The number of likely N-dealkylation sites (tertiary alicyclic amines) is 1. The molecule has 9 heteroatoms. The molecule has 2 unspecified atom stereocenters. The monoisotopic (exact) mass is 512 g/mol. The molecule has 1 aliphatic rings. The van der Waals surface area contributed by atoms with E-state index in [9.17, 15) is 18.0 Å². The second kappa shape index (κ2) is 10.9. The van der Waals surface area contributed by atoms with Gasteiger partial charge in [0.05, 0.1) is 6.54 Å². The van der Waals surface area contributed by atoms with E-state index in [0.29, 0.717) is 22.7 Å². The first-order chi connectivity index (χ1) is 12.7. The maximum atomic E-state index is 12.4. The summed E-state index contributed by atoms with van der Waals surface area (Å²) in [5.41, 5.74) is 1.32. The first kappa shape index (κ1) is 24.5. The minimum absolute atomic E-state index is 0. The Labute approximate surface area is 181 Å². The van der Waals surface area contributed by atoms with Crippen LogP contribution >= 0.6 is 24.0 Å². The van der Waals surface area contributed by atoms with Crippen LogP contribution in [-0.2, 0) is 4.79 Å². The number of nitrogens with one attached hydrogen (secondary N) is 1. The van der Waals surface area contributed by atoms with Crippen molar-refractivity contribution in [2.75, 3.05) is 40.3 Å². The maximum absolute atomic E-state index is 12.4. The smallest absolute Gasteiger partial charge is 0.347 e. The first-order valence-electron chi connectivity index (χ1n) is 9.02. The Balaban J connectivity index is 0.00000392. The van der Waals surface area contributed by atoms with Gasteiger partial charge in [-0.15, -0.1) is 24.0 Å². The Morgan fingerprint density at radius 3 is 2.50 bits per heavy atom. The van der Waals surface area contributed by atoms with Crippen LogP contribution in [0.3, 0.4) is 0 Å². The average molecular weight is 512 g/mol. The van der Waals surface area contributed by atoms with Gasteiger partial charge in [0.15, 0.2) is 5.96 Å². The molecule has 1 saturated heterocycles. The fourth-order valence-corrected chi connectivity index (χ4v) is 3.51. The summed E-state index contributed by atoms with van der Waals surface area (Å²) in [6.07, 6.45) is -3.45. The van der Waals surface area contributed by atoms with Crippen molar-refractivity contribution < 1.29 is 18.0 Å². The van der Waals surface area contributed by atoms with Gasteiger partial charge in [0.1, 0.15) is 6.54 Å². The molecular weight excluding hydrogens is 484 g/mol. The van der Waals surface area contributed by atoms with Crippen molar-refractivity contribution in [2.45, 2.75) is 25.4 Å². The minimum atomic E-state index is -4.40. The van der Waals surface area contributed by atoms with Crippen LogP contribution in [0.2, 0.25) is 0 Å². The van der Waals surface area contributed by atoms with Crippen molar-refractivity contribution >= 4 is 35.8 Å². The van der Waals surface area contributed by atoms with Gasteiger partial charge in [-0.2, -0.15) is 13.2 Å². The van der Waals surface area contributed by atoms with E-state index in [1.54, 1.807) is 7.05 Å². The molecule has 1 heterocycles. The van der Waals surface area contributed by atoms with E-state index < -0.39 is 18.6 Å². The van der Waals surface area contributed by atoms with Gasteiger partial charge in [-0.05, 0) is 23.8 Å². The molecule has 0 aliphatic carbocycles. The molecule has 0 aromatic heterocycles. The summed E-state index contributed by atoms with van der Waals surface area (Å²) in [7, 11) is 2.76. The zero-order valence-corrected chi connectivity index (χ0v) is 18.7. The number of nitrogens with zero attached hydrogens (tertiary/aromatic N) is 3. The summed E-state index contributed by atoms with van der Waals surface area (Å²) in [5.74, 6) is 0.770. The zero-order valence-electron chi connectivity index (χ0n) is 16.4. The van der Waals surface area contributed by atoms with Crippen LogP contribution < -0.4 is 5.32 Å². The molecule has 0 radical (unpaired) electrons. The van der Waals surface area contributed by atoms with Gasteiger partial charge in [0.25, 0.3) is 0 Å². The highest BCUT2D eigenvalue weighted by molar-refractivity contribution is 14.0. The number of amides is 1. The lowest BCUT2D eigenvalue weighted by Crippen LogP contribution is -2.50. The van der Waals surface area contributed by atoms with Crippen LogP contribution in [0.15, 0.2) is 35.3 Å². The molecule has 28 heavy (non-hydrogen) atoms. The number of benzene rings is 1. The predicted molar refractivity (Wildman–Crippen MR) is 115 cm³/mol. The predicted octanol–water partition coefficient (Wildman–Crippen LogP) is 3.33. The Morgan fingerprint density at radius 2 is 1.96 bits per heavy atom. The topological polar surface area (TPSA) is 47.9 Å². The molecular formula is C19H28F3IN4O. The van der Waals surface area contributed by atoms with E-state index in [-0.39, 0.29) is 30.5 Å². The molecule has 158 valence electrons. The van der Waals surface area contributed by atoms with Crippen molar-refractivity contribution in [1.82, 2.24) is 15.1 Å². The molecule has 1 aromatic carbocycles. The molecule has 1 fully saturated rings. The number of alkyl halides is 3. The Bertz CT molecular complexity index is 654. The molecule has 0 spiro atoms. The number of guanidine groups is 1. The number of carbonyl (C=O) groups excluding carboxylic acids is 1. The number of carbonyl (C=O) groups is 1. The number of hydrogen-bond donors (Lipinski definition) is 1. The highest BCUT2D eigenvalue weighted by Crippen LogP contribution is 2.32. The third kappa shape index (κ3) is 7.14. The lowest BCUT2D eigenvalue weighted by atomic mass is 9.82. The van der Waals surface area contributed by atoms with Crippen LogP contribution in [0.25, 0.3) is 0 Å². The van der Waals surface area contributed by atoms with Crippen molar-refractivity contribution in [2.24, 2.45) is 10.9 Å². The van der Waals surface area contributed by atoms with Gasteiger partial charge in [0.2, 0.25) is 5.91 Å². The number of halogens is 4. The summed E-state index contributed by atoms with van der Waals surface area (Å²) in [4.78, 5) is 18.8. The van der Waals surface area contributed by atoms with Gasteiger partial charge in [-0.25, -0.2) is 0 Å². The van der Waals surface area contributed by atoms with E-state index in [4.69, 9.17) is 0 Å². The summed E-state index contributed by atoms with van der Waals surface area (Å²) < 4.78 is 37.2. The normalized spacial score (nSPS) is 20.4. The fourth-order valence-electron chi connectivity index (χ4n) is 3.51. The summed E-state index contributed by atoms with van der Waals surface area (Å²) in [6, 6.07) is 10.4. The third-order valence-electron chi connectivity index (χ3n) is 4.88. The molecule has 2 atom stereocenters. The number of rotatable bonds is 4. The summed E-state index contributed by atoms with van der Waals surface area (Å²) in [6.45, 7) is 2.25. The Hall–Kier alpha value is -1.52. The molecule has 1 aliphatic heterocycles. The highest BCUT2D eigenvalue weighted by atomic mass is 127. The van der Waals surface area contributed by atoms with Crippen molar-refractivity contribution in [1.29, 1.82) is 0 Å². The molecule has 1 N–H and O–H groups in total. The van der Waals surface area contributed by atoms with E-state index in [1.807, 2.05) is 18.2 Å². The van der Waals surface area contributed by atoms with Crippen LogP contribution in [0.5, 0.6) is 0 Å². The summed E-state index contributed by atoms with van der Waals surface area (Å²) >= 11 is 0. The fraction of sp³-hybridized carbons (Fsp3) is 0.579. The zero-order chi connectivity index (χ0) is 20.0. The molecule has 0 saturated carbocycles. The van der Waals surface area contributed by atoms with Crippen LogP contribution in [0, 0.1) is 5.92 Å². The van der Waals surface area contributed by atoms with Crippen LogP contribution in [0.4, 0.5) is 13.2 Å². The molecule has 1 aromatic rings.